The quantitative estimate of drug-likeness (QED) is 0.529. The molecule has 0 saturated carbocycles. The van der Waals surface area contributed by atoms with Crippen molar-refractivity contribution < 1.29 is 19.8 Å². The van der Waals surface area contributed by atoms with Crippen LogP contribution in [-0.4, -0.2) is 29.3 Å². The summed E-state index contributed by atoms with van der Waals surface area (Å²) in [5.41, 5.74) is 0. The number of carbonyl (C=O) groups excluding carboxylic acids is 2. The molecule has 0 aromatic carbocycles. The fraction of sp³-hybridized carbons (Fsp3) is 0.750. The van der Waals surface area contributed by atoms with Crippen molar-refractivity contribution >= 4 is 29.3 Å². The van der Waals surface area contributed by atoms with Gasteiger partial charge in [-0.3, -0.25) is 0 Å². The Hall–Kier alpha value is -0.528. The normalized spacial score (nSPS) is 7.54. The molecule has 0 atom stereocenters. The van der Waals surface area contributed by atoms with E-state index in [0.29, 0.717) is 12.8 Å². The Morgan fingerprint density at radius 1 is 0.923 bits per heavy atom. The molecular weight excluding hydrogens is 187 g/mol. The summed E-state index contributed by atoms with van der Waals surface area (Å²) in [5, 5.41) is 19.0. The van der Waals surface area contributed by atoms with Gasteiger partial charge in [0.2, 0.25) is 0 Å². The van der Waals surface area contributed by atoms with Gasteiger partial charge in [-0.05, 0) is 12.8 Å². The molecule has 5 heteroatoms. The number of hydrogen-bond donors (Lipinski definition) is 0. The van der Waals surface area contributed by atoms with Crippen LogP contribution in [0.4, 0.5) is 0 Å². The van der Waals surface area contributed by atoms with Gasteiger partial charge in [-0.1, -0.05) is 26.7 Å². The molecule has 4 nitrogen and oxygen atoms in total. The van der Waals surface area contributed by atoms with Crippen molar-refractivity contribution in [1.82, 2.24) is 0 Å². The summed E-state index contributed by atoms with van der Waals surface area (Å²) in [5.74, 6) is -1.92. The summed E-state index contributed by atoms with van der Waals surface area (Å²) in [7, 11) is 0. The number of carboxylic acids is 2. The van der Waals surface area contributed by atoms with Crippen LogP contribution in [0.25, 0.3) is 0 Å². The molecular formula is C8H14AlO4. The van der Waals surface area contributed by atoms with E-state index in [1.165, 1.54) is 0 Å². The number of rotatable bonds is 4. The van der Waals surface area contributed by atoms with E-state index in [1.54, 1.807) is 13.8 Å². The Morgan fingerprint density at radius 3 is 1.15 bits per heavy atom. The van der Waals surface area contributed by atoms with Gasteiger partial charge in [0.05, 0.1) is 0 Å². The maximum atomic E-state index is 9.49. The molecule has 0 rings (SSSR count). The summed E-state index contributed by atoms with van der Waals surface area (Å²) in [6.45, 7) is 3.60. The van der Waals surface area contributed by atoms with E-state index >= 15 is 0 Å². The minimum atomic E-state index is -0.961. The summed E-state index contributed by atoms with van der Waals surface area (Å²) in [6.07, 6.45) is 1.70. The maximum absolute atomic E-state index is 9.49. The molecule has 0 amide bonds. The van der Waals surface area contributed by atoms with Crippen molar-refractivity contribution in [3.63, 3.8) is 0 Å². The first-order valence-electron chi connectivity index (χ1n) is 3.94. The molecule has 0 heterocycles. The average Bonchev–Trinajstić information content (AvgIpc) is 1.87. The van der Waals surface area contributed by atoms with Gasteiger partial charge in [0, 0.05) is 11.9 Å². The summed E-state index contributed by atoms with van der Waals surface area (Å²) in [6, 6.07) is 0. The third-order valence-electron chi connectivity index (χ3n) is 0.908. The zero-order valence-electron chi connectivity index (χ0n) is 8.04. The second kappa shape index (κ2) is 14.0. The molecule has 0 bridgehead atoms. The van der Waals surface area contributed by atoms with Gasteiger partial charge in [-0.15, -0.1) is 0 Å². The number of hydrogen-bond acceptors (Lipinski definition) is 4. The molecule has 0 unspecified atom stereocenters. The van der Waals surface area contributed by atoms with E-state index in [0.717, 1.165) is 0 Å². The largest absolute Gasteiger partial charge is 2.00 e. The van der Waals surface area contributed by atoms with Crippen molar-refractivity contribution in [2.75, 3.05) is 0 Å². The van der Waals surface area contributed by atoms with E-state index in [1.807, 2.05) is 0 Å². The summed E-state index contributed by atoms with van der Waals surface area (Å²) in [4.78, 5) is 19.0. The average molecular weight is 201 g/mol. The van der Waals surface area contributed by atoms with E-state index in [-0.39, 0.29) is 30.2 Å². The number of aliphatic carboxylic acids is 2. The first-order valence-corrected chi connectivity index (χ1v) is 3.94. The van der Waals surface area contributed by atoms with Crippen LogP contribution in [0.15, 0.2) is 0 Å². The molecule has 0 aromatic rings. The number of carboxylic acid groups (broad SMARTS) is 2. The van der Waals surface area contributed by atoms with Crippen LogP contribution in [0.3, 0.4) is 0 Å². The Bertz CT molecular complexity index is 120. The molecule has 0 spiro atoms. The van der Waals surface area contributed by atoms with Crippen LogP contribution < -0.4 is 10.2 Å². The molecule has 0 N–H and O–H groups in total. The summed E-state index contributed by atoms with van der Waals surface area (Å²) < 4.78 is 0. The van der Waals surface area contributed by atoms with Gasteiger partial charge in [0.1, 0.15) is 0 Å². The monoisotopic (exact) mass is 201 g/mol. The predicted octanol–water partition coefficient (Wildman–Crippen LogP) is -1.31. The van der Waals surface area contributed by atoms with Crippen molar-refractivity contribution in [1.29, 1.82) is 0 Å². The van der Waals surface area contributed by atoms with Crippen LogP contribution in [0.1, 0.15) is 39.5 Å². The van der Waals surface area contributed by atoms with Crippen LogP contribution >= 0.6 is 0 Å². The fourth-order valence-electron chi connectivity index (χ4n) is 0.408. The zero-order valence-corrected chi connectivity index (χ0v) is 9.19. The van der Waals surface area contributed by atoms with Crippen molar-refractivity contribution in [3.05, 3.63) is 0 Å². The minimum absolute atomic E-state index is 0. The van der Waals surface area contributed by atoms with Gasteiger partial charge in [0.25, 0.3) is 0 Å². The molecule has 0 aliphatic rings. The van der Waals surface area contributed by atoms with Crippen LogP contribution in [0.5, 0.6) is 0 Å². The molecule has 0 fully saturated rings. The second-order valence-electron chi connectivity index (χ2n) is 2.24. The van der Waals surface area contributed by atoms with E-state index in [2.05, 4.69) is 0 Å². The smallest absolute Gasteiger partial charge is 0.550 e. The Balaban J connectivity index is -0.000000143. The minimum Gasteiger partial charge on any atom is -0.550 e. The SMILES string of the molecule is CCCC(=O)[O-].CCCC(=O)[O-].[Al+2]. The molecule has 73 valence electrons. The van der Waals surface area contributed by atoms with E-state index < -0.39 is 11.9 Å². The van der Waals surface area contributed by atoms with Gasteiger partial charge in [-0.25, -0.2) is 0 Å². The van der Waals surface area contributed by atoms with Crippen molar-refractivity contribution in [2.45, 2.75) is 39.5 Å². The molecule has 13 heavy (non-hydrogen) atoms. The third-order valence-corrected chi connectivity index (χ3v) is 0.908. The first kappa shape index (κ1) is 18.3. The molecule has 0 aromatic heterocycles. The van der Waals surface area contributed by atoms with Gasteiger partial charge in [0.15, 0.2) is 0 Å². The van der Waals surface area contributed by atoms with Crippen molar-refractivity contribution in [2.24, 2.45) is 0 Å². The van der Waals surface area contributed by atoms with E-state index in [4.69, 9.17) is 0 Å². The Morgan fingerprint density at radius 2 is 1.15 bits per heavy atom. The second-order valence-corrected chi connectivity index (χ2v) is 2.24. The molecule has 0 aliphatic heterocycles. The standard InChI is InChI=1S/2C4H8O2.Al/c2*1-2-3-4(5)6;/h2*2-3H2,1H3,(H,5,6);/q;;+2/p-2. The van der Waals surface area contributed by atoms with Crippen LogP contribution in [0, 0.1) is 0 Å². The molecule has 0 aliphatic carbocycles. The van der Waals surface area contributed by atoms with Crippen LogP contribution in [0.2, 0.25) is 0 Å². The Labute approximate surface area is 89.1 Å². The molecule has 0 saturated heterocycles. The first-order chi connectivity index (χ1) is 5.54. The predicted molar refractivity (Wildman–Crippen MR) is 45.6 cm³/mol. The van der Waals surface area contributed by atoms with Gasteiger partial charge >= 0.3 is 17.4 Å². The van der Waals surface area contributed by atoms with Gasteiger partial charge in [-0.2, -0.15) is 0 Å². The topological polar surface area (TPSA) is 80.3 Å². The van der Waals surface area contributed by atoms with Gasteiger partial charge < -0.3 is 19.8 Å². The third kappa shape index (κ3) is 34.4. The number of carbonyl (C=O) groups is 2. The Kier molecular flexibility index (Phi) is 19.7. The zero-order chi connectivity index (χ0) is 9.98. The fourth-order valence-corrected chi connectivity index (χ4v) is 0.408. The molecule has 1 radical (unpaired) electrons. The van der Waals surface area contributed by atoms with Crippen LogP contribution in [-0.2, 0) is 9.59 Å². The van der Waals surface area contributed by atoms with E-state index in [9.17, 15) is 19.8 Å². The maximum Gasteiger partial charge on any atom is 2.00 e. The summed E-state index contributed by atoms with van der Waals surface area (Å²) >= 11 is 0. The van der Waals surface area contributed by atoms with Crippen molar-refractivity contribution in [3.8, 4) is 0 Å².